The van der Waals surface area contributed by atoms with Crippen LogP contribution < -0.4 is 5.11 Å². The largest absolute Gasteiger partial charge is 0.545 e. The van der Waals surface area contributed by atoms with Crippen molar-refractivity contribution in [2.24, 2.45) is 0 Å². The molecule has 3 heteroatoms. The molecule has 0 aromatic rings. The van der Waals surface area contributed by atoms with Gasteiger partial charge in [-0.05, 0) is 25.3 Å². The van der Waals surface area contributed by atoms with Gasteiger partial charge in [-0.15, -0.1) is 0 Å². The third-order valence-corrected chi connectivity index (χ3v) is 1.78. The minimum Gasteiger partial charge on any atom is -0.545 e. The van der Waals surface area contributed by atoms with Crippen LogP contribution in [0.5, 0.6) is 0 Å². The molecule has 0 amide bonds. The van der Waals surface area contributed by atoms with Crippen LogP contribution in [-0.2, 0) is 4.79 Å². The summed E-state index contributed by atoms with van der Waals surface area (Å²) in [4.78, 5) is 9.95. The van der Waals surface area contributed by atoms with Crippen LogP contribution in [0, 0.1) is 0 Å². The molecule has 0 rings (SSSR count). The summed E-state index contributed by atoms with van der Waals surface area (Å²) in [6.07, 6.45) is 8.64. The van der Waals surface area contributed by atoms with Crippen LogP contribution in [0.2, 0.25) is 0 Å². The lowest BCUT2D eigenvalue weighted by Gasteiger charge is -1.97. The van der Waals surface area contributed by atoms with E-state index in [1.807, 2.05) is 0 Å². The van der Waals surface area contributed by atoms with E-state index in [9.17, 15) is 9.90 Å². The van der Waals surface area contributed by atoms with Crippen LogP contribution in [0.3, 0.4) is 0 Å². The number of allylic oxidation sites excluding steroid dienone is 1. The average Bonchev–Trinajstić information content (AvgIpc) is 2.09. The van der Waals surface area contributed by atoms with Gasteiger partial charge in [0.15, 0.2) is 0 Å². The molecule has 3 nitrogen and oxygen atoms in total. The number of aliphatic hydroxyl groups excluding tert-OH is 1. The zero-order valence-corrected chi connectivity index (χ0v) is 7.87. The third-order valence-electron chi connectivity index (χ3n) is 1.78. The fraction of sp³-hybridized carbons (Fsp3) is 0.700. The summed E-state index contributed by atoms with van der Waals surface area (Å²) >= 11 is 0. The molecular weight excluding hydrogens is 168 g/mol. The summed E-state index contributed by atoms with van der Waals surface area (Å²) < 4.78 is 0. The van der Waals surface area contributed by atoms with Crippen molar-refractivity contribution in [3.05, 3.63) is 12.2 Å². The Hall–Kier alpha value is -0.830. The summed E-state index contributed by atoms with van der Waals surface area (Å²) in [5, 5.41) is 18.4. The van der Waals surface area contributed by atoms with Gasteiger partial charge in [0.25, 0.3) is 0 Å². The van der Waals surface area contributed by atoms with Crippen LogP contribution in [0.25, 0.3) is 0 Å². The fourth-order valence-corrected chi connectivity index (χ4v) is 1.08. The second-order valence-corrected chi connectivity index (χ2v) is 3.00. The minimum atomic E-state index is -1.12. The van der Waals surface area contributed by atoms with Crippen molar-refractivity contribution in [2.45, 2.75) is 38.5 Å². The number of hydrogen-bond acceptors (Lipinski definition) is 3. The molecule has 13 heavy (non-hydrogen) atoms. The number of aliphatic carboxylic acids is 1. The van der Waals surface area contributed by atoms with Gasteiger partial charge < -0.3 is 15.0 Å². The lowest BCUT2D eigenvalue weighted by atomic mass is 10.1. The van der Waals surface area contributed by atoms with Gasteiger partial charge in [-0.1, -0.05) is 25.3 Å². The van der Waals surface area contributed by atoms with E-state index in [1.165, 1.54) is 0 Å². The van der Waals surface area contributed by atoms with E-state index in [2.05, 4.69) is 0 Å². The molecule has 0 radical (unpaired) electrons. The number of carboxylic acids is 1. The second-order valence-electron chi connectivity index (χ2n) is 3.00. The number of carboxylic acid groups (broad SMARTS) is 1. The van der Waals surface area contributed by atoms with Crippen LogP contribution in [0.1, 0.15) is 38.5 Å². The molecule has 0 heterocycles. The highest BCUT2D eigenvalue weighted by molar-refractivity contribution is 5.77. The number of hydrogen-bond donors (Lipinski definition) is 1. The van der Waals surface area contributed by atoms with Gasteiger partial charge in [0, 0.05) is 6.61 Å². The number of unbranched alkanes of at least 4 members (excludes halogenated alkanes) is 5. The highest BCUT2D eigenvalue weighted by Crippen LogP contribution is 2.05. The van der Waals surface area contributed by atoms with Gasteiger partial charge in [-0.3, -0.25) is 0 Å². The topological polar surface area (TPSA) is 60.4 Å². The number of rotatable bonds is 8. The Morgan fingerprint density at radius 1 is 1.15 bits per heavy atom. The minimum absolute atomic E-state index is 0.268. The first kappa shape index (κ1) is 12.2. The third kappa shape index (κ3) is 11.2. The van der Waals surface area contributed by atoms with E-state index >= 15 is 0 Å². The van der Waals surface area contributed by atoms with Crippen molar-refractivity contribution in [3.8, 4) is 0 Å². The van der Waals surface area contributed by atoms with E-state index in [0.29, 0.717) is 0 Å². The number of carbonyl (C=O) groups excluding carboxylic acids is 1. The Morgan fingerprint density at radius 3 is 2.38 bits per heavy atom. The van der Waals surface area contributed by atoms with Gasteiger partial charge in [0.1, 0.15) is 0 Å². The molecule has 0 saturated heterocycles. The Labute approximate surface area is 79.1 Å². The van der Waals surface area contributed by atoms with Crippen molar-refractivity contribution < 1.29 is 15.0 Å². The first-order valence-electron chi connectivity index (χ1n) is 4.75. The van der Waals surface area contributed by atoms with E-state index in [-0.39, 0.29) is 6.61 Å². The predicted molar refractivity (Wildman–Crippen MR) is 48.9 cm³/mol. The standard InChI is InChI=1S/C10H18O3/c11-9-7-5-3-1-2-4-6-8-10(12)13/h6,8,11H,1-5,7,9H2,(H,12,13)/p-1/b8-6+. The molecule has 0 fully saturated rings. The summed E-state index contributed by atoms with van der Waals surface area (Å²) in [5.74, 6) is -1.12. The molecule has 0 unspecified atom stereocenters. The predicted octanol–water partition coefficient (Wildman–Crippen LogP) is 0.625. The van der Waals surface area contributed by atoms with E-state index < -0.39 is 5.97 Å². The Kier molecular flexibility index (Phi) is 8.67. The summed E-state index contributed by atoms with van der Waals surface area (Å²) in [7, 11) is 0. The molecule has 1 N–H and O–H groups in total. The summed E-state index contributed by atoms with van der Waals surface area (Å²) in [5.41, 5.74) is 0. The van der Waals surface area contributed by atoms with Crippen LogP contribution in [0.15, 0.2) is 12.2 Å². The SMILES string of the molecule is O=C([O-])/C=C/CCCCCCCO. The van der Waals surface area contributed by atoms with Gasteiger partial charge in [-0.2, -0.15) is 0 Å². The smallest absolute Gasteiger partial charge is 0.0639 e. The Morgan fingerprint density at radius 2 is 1.77 bits per heavy atom. The monoisotopic (exact) mass is 185 g/mol. The van der Waals surface area contributed by atoms with Crippen LogP contribution >= 0.6 is 0 Å². The molecule has 0 aliphatic carbocycles. The maximum atomic E-state index is 9.95. The Balaban J connectivity index is 3.03. The lowest BCUT2D eigenvalue weighted by molar-refractivity contribution is -0.297. The van der Waals surface area contributed by atoms with Crippen molar-refractivity contribution >= 4 is 5.97 Å². The first-order chi connectivity index (χ1) is 6.27. The second kappa shape index (κ2) is 9.26. The molecule has 76 valence electrons. The molecule has 0 aromatic carbocycles. The number of aliphatic hydroxyl groups is 1. The van der Waals surface area contributed by atoms with Gasteiger partial charge in [0.2, 0.25) is 0 Å². The molecule has 0 spiro atoms. The van der Waals surface area contributed by atoms with Crippen molar-refractivity contribution in [2.75, 3.05) is 6.61 Å². The molecule has 0 aliphatic heterocycles. The lowest BCUT2D eigenvalue weighted by Crippen LogP contribution is -2.18. The molecule has 0 aromatic heterocycles. The van der Waals surface area contributed by atoms with E-state index in [1.54, 1.807) is 6.08 Å². The van der Waals surface area contributed by atoms with Crippen molar-refractivity contribution in [3.63, 3.8) is 0 Å². The Bertz CT molecular complexity index is 152. The first-order valence-corrected chi connectivity index (χ1v) is 4.75. The molecule has 0 atom stereocenters. The van der Waals surface area contributed by atoms with Crippen LogP contribution in [-0.4, -0.2) is 17.7 Å². The molecule has 0 bridgehead atoms. The zero-order chi connectivity index (χ0) is 9.94. The highest BCUT2D eigenvalue weighted by atomic mass is 16.4. The maximum absolute atomic E-state index is 9.95. The average molecular weight is 185 g/mol. The normalized spacial score (nSPS) is 10.8. The maximum Gasteiger partial charge on any atom is 0.0639 e. The fourth-order valence-electron chi connectivity index (χ4n) is 1.08. The molecular formula is C10H17O3-. The summed E-state index contributed by atoms with van der Waals surface area (Å²) in [6, 6.07) is 0. The van der Waals surface area contributed by atoms with Gasteiger partial charge in [-0.25, -0.2) is 0 Å². The summed E-state index contributed by atoms with van der Waals surface area (Å²) in [6.45, 7) is 0.268. The van der Waals surface area contributed by atoms with Crippen LogP contribution in [0.4, 0.5) is 0 Å². The number of carbonyl (C=O) groups is 1. The molecule has 0 aliphatic rings. The highest BCUT2D eigenvalue weighted by Gasteiger charge is 1.88. The van der Waals surface area contributed by atoms with Crippen molar-refractivity contribution in [1.29, 1.82) is 0 Å². The van der Waals surface area contributed by atoms with Crippen molar-refractivity contribution in [1.82, 2.24) is 0 Å². The van der Waals surface area contributed by atoms with Gasteiger partial charge >= 0.3 is 0 Å². The van der Waals surface area contributed by atoms with Gasteiger partial charge in [0.05, 0.1) is 5.97 Å². The van der Waals surface area contributed by atoms with E-state index in [0.717, 1.165) is 44.6 Å². The molecule has 0 saturated carbocycles. The van der Waals surface area contributed by atoms with E-state index in [4.69, 9.17) is 5.11 Å². The zero-order valence-electron chi connectivity index (χ0n) is 7.87. The quantitative estimate of drug-likeness (QED) is 0.445.